The van der Waals surface area contributed by atoms with Crippen LogP contribution < -0.4 is 0 Å². The maximum absolute atomic E-state index is 14.2. The highest BCUT2D eigenvalue weighted by Gasteiger charge is 2.46. The average Bonchev–Trinajstić information content (AvgIpc) is 3.42. The van der Waals surface area contributed by atoms with Gasteiger partial charge in [0.1, 0.15) is 11.6 Å². The van der Waals surface area contributed by atoms with Crippen molar-refractivity contribution in [3.8, 4) is 0 Å². The van der Waals surface area contributed by atoms with E-state index in [2.05, 4.69) is 4.98 Å². The largest absolute Gasteiger partial charge is 0.507 e. The number of imidazole rings is 1. The Balaban J connectivity index is 1.79. The van der Waals surface area contributed by atoms with Gasteiger partial charge in [0.05, 0.1) is 22.9 Å². The first-order chi connectivity index (χ1) is 16.3. The molecule has 1 amide bonds. The van der Waals surface area contributed by atoms with Gasteiger partial charge in [0.25, 0.3) is 17.4 Å². The fourth-order valence-electron chi connectivity index (χ4n) is 4.00. The predicted octanol–water partition coefficient (Wildman–Crippen LogP) is 3.75. The van der Waals surface area contributed by atoms with Crippen LogP contribution >= 0.6 is 0 Å². The number of Topliss-reactive ketones (excluding diaryl/α,β-unsaturated/α-hetero) is 1. The van der Waals surface area contributed by atoms with Crippen LogP contribution in [0.5, 0.6) is 0 Å². The summed E-state index contributed by atoms with van der Waals surface area (Å²) in [7, 11) is 0. The highest BCUT2D eigenvalue weighted by molar-refractivity contribution is 6.46. The van der Waals surface area contributed by atoms with Gasteiger partial charge in [-0.3, -0.25) is 19.7 Å². The monoisotopic (exact) mass is 464 g/mol. The molecule has 0 radical (unpaired) electrons. The number of likely N-dealkylation sites (tertiary alicyclic amines) is 1. The summed E-state index contributed by atoms with van der Waals surface area (Å²) in [4.78, 5) is 42.0. The Morgan fingerprint density at radius 3 is 2.68 bits per heavy atom. The van der Waals surface area contributed by atoms with Gasteiger partial charge in [-0.15, -0.1) is 0 Å². The molecule has 1 saturated heterocycles. The molecule has 1 atom stereocenters. The Morgan fingerprint density at radius 1 is 1.21 bits per heavy atom. The van der Waals surface area contributed by atoms with Gasteiger partial charge in [-0.05, 0) is 30.5 Å². The SMILES string of the molecule is Cc1ccc(C(O)=C2C(=O)C(=O)N(CCCn3ccnc3)[C@H]2c2cccc([N+](=O)[O-])c2)cc1F. The van der Waals surface area contributed by atoms with E-state index in [1.165, 1.54) is 35.2 Å². The number of ketones is 1. The van der Waals surface area contributed by atoms with Crippen LogP contribution in [-0.2, 0) is 16.1 Å². The highest BCUT2D eigenvalue weighted by Crippen LogP contribution is 2.40. The van der Waals surface area contributed by atoms with E-state index < -0.39 is 34.2 Å². The topological polar surface area (TPSA) is 119 Å². The number of halogens is 1. The van der Waals surface area contributed by atoms with Crippen molar-refractivity contribution in [3.63, 3.8) is 0 Å². The third-order valence-electron chi connectivity index (χ3n) is 5.76. The molecule has 174 valence electrons. The molecular weight excluding hydrogens is 443 g/mol. The minimum absolute atomic E-state index is 0.0370. The standard InChI is InChI=1S/C24H21FN4O5/c1-15-6-7-17(13-19(15)25)22(30)20-21(16-4-2-5-18(12-16)29(33)34)28(24(32)23(20)31)10-3-9-27-11-8-26-14-27/h2,4-8,11-14,21,30H,3,9-10H2,1H3/t21-/m0/s1. The lowest BCUT2D eigenvalue weighted by Gasteiger charge is -2.25. The molecule has 1 aliphatic rings. The number of aryl methyl sites for hydroxylation is 2. The number of aliphatic hydroxyl groups excluding tert-OH is 1. The lowest BCUT2D eigenvalue weighted by atomic mass is 9.94. The van der Waals surface area contributed by atoms with E-state index in [9.17, 15) is 29.2 Å². The van der Waals surface area contributed by atoms with Crippen LogP contribution in [0.25, 0.3) is 5.76 Å². The normalized spacial score (nSPS) is 17.4. The first kappa shape index (κ1) is 22.8. The minimum atomic E-state index is -1.06. The molecule has 0 aliphatic carbocycles. The molecule has 2 aromatic carbocycles. The maximum atomic E-state index is 14.2. The molecule has 34 heavy (non-hydrogen) atoms. The van der Waals surface area contributed by atoms with Crippen LogP contribution in [0.2, 0.25) is 0 Å². The second-order valence-electron chi connectivity index (χ2n) is 7.96. The average molecular weight is 464 g/mol. The molecule has 0 spiro atoms. The van der Waals surface area contributed by atoms with Gasteiger partial charge in [0, 0.05) is 43.2 Å². The van der Waals surface area contributed by atoms with E-state index in [0.717, 1.165) is 6.07 Å². The smallest absolute Gasteiger partial charge is 0.295 e. The van der Waals surface area contributed by atoms with Crippen LogP contribution in [-0.4, -0.2) is 42.7 Å². The van der Waals surface area contributed by atoms with Crippen LogP contribution in [0.15, 0.2) is 66.8 Å². The van der Waals surface area contributed by atoms with Gasteiger partial charge >= 0.3 is 0 Å². The van der Waals surface area contributed by atoms with E-state index in [0.29, 0.717) is 24.1 Å². The van der Waals surface area contributed by atoms with Crippen LogP contribution in [0.1, 0.15) is 29.2 Å². The number of nitrogens with zero attached hydrogens (tertiary/aromatic N) is 4. The van der Waals surface area contributed by atoms with Crippen LogP contribution in [0.4, 0.5) is 10.1 Å². The molecule has 3 aromatic rings. The van der Waals surface area contributed by atoms with E-state index >= 15 is 0 Å². The Labute approximate surface area is 193 Å². The summed E-state index contributed by atoms with van der Waals surface area (Å²) in [6, 6.07) is 8.49. The molecule has 1 aromatic heterocycles. The van der Waals surface area contributed by atoms with Gasteiger partial charge in [-0.2, -0.15) is 0 Å². The number of amides is 1. The third kappa shape index (κ3) is 4.29. The quantitative estimate of drug-likeness (QED) is 0.187. The molecule has 1 N–H and O–H groups in total. The third-order valence-corrected chi connectivity index (χ3v) is 5.76. The second-order valence-corrected chi connectivity index (χ2v) is 7.96. The number of nitro groups is 1. The summed E-state index contributed by atoms with van der Waals surface area (Å²) in [6.45, 7) is 2.23. The Bertz CT molecular complexity index is 1300. The number of aromatic nitrogens is 2. The molecule has 9 nitrogen and oxygen atoms in total. The zero-order valence-corrected chi connectivity index (χ0v) is 18.2. The molecule has 0 unspecified atom stereocenters. The Kier molecular flexibility index (Phi) is 6.22. The van der Waals surface area contributed by atoms with Crippen molar-refractivity contribution >= 4 is 23.1 Å². The predicted molar refractivity (Wildman–Crippen MR) is 120 cm³/mol. The number of carbonyl (C=O) groups excluding carboxylic acids is 2. The number of hydrogen-bond acceptors (Lipinski definition) is 6. The summed E-state index contributed by atoms with van der Waals surface area (Å²) in [5, 5.41) is 22.3. The van der Waals surface area contributed by atoms with Crippen molar-refractivity contribution in [1.82, 2.24) is 14.5 Å². The summed E-state index contributed by atoms with van der Waals surface area (Å²) < 4.78 is 16.0. The maximum Gasteiger partial charge on any atom is 0.295 e. The minimum Gasteiger partial charge on any atom is -0.507 e. The lowest BCUT2D eigenvalue weighted by molar-refractivity contribution is -0.384. The van der Waals surface area contributed by atoms with E-state index in [1.807, 2.05) is 4.57 Å². The molecule has 1 aliphatic heterocycles. The van der Waals surface area contributed by atoms with Crippen molar-refractivity contribution in [3.05, 3.63) is 99.4 Å². The van der Waals surface area contributed by atoms with Crippen molar-refractivity contribution in [1.29, 1.82) is 0 Å². The number of hydrogen-bond donors (Lipinski definition) is 1. The van der Waals surface area contributed by atoms with Crippen molar-refractivity contribution in [2.75, 3.05) is 6.54 Å². The van der Waals surface area contributed by atoms with Crippen molar-refractivity contribution in [2.45, 2.75) is 25.9 Å². The number of nitro benzene ring substituents is 1. The summed E-state index contributed by atoms with van der Waals surface area (Å²) in [5.74, 6) is -2.88. The highest BCUT2D eigenvalue weighted by atomic mass is 19.1. The van der Waals surface area contributed by atoms with Gasteiger partial charge in [-0.1, -0.05) is 24.3 Å². The first-order valence-corrected chi connectivity index (χ1v) is 10.5. The summed E-state index contributed by atoms with van der Waals surface area (Å²) in [5.41, 5.74) is 0.228. The zero-order chi connectivity index (χ0) is 24.4. The van der Waals surface area contributed by atoms with Gasteiger partial charge in [-0.25, -0.2) is 9.37 Å². The zero-order valence-electron chi connectivity index (χ0n) is 18.2. The number of carbonyl (C=O) groups is 2. The first-order valence-electron chi connectivity index (χ1n) is 10.5. The van der Waals surface area contributed by atoms with E-state index in [1.54, 1.807) is 31.7 Å². The number of non-ortho nitro benzene ring substituents is 1. The second kappa shape index (κ2) is 9.26. The molecule has 2 heterocycles. The summed E-state index contributed by atoms with van der Waals surface area (Å²) >= 11 is 0. The number of benzene rings is 2. The van der Waals surface area contributed by atoms with Crippen molar-refractivity contribution < 1.29 is 24.0 Å². The fourth-order valence-corrected chi connectivity index (χ4v) is 4.00. The van der Waals surface area contributed by atoms with Crippen molar-refractivity contribution in [2.24, 2.45) is 0 Å². The van der Waals surface area contributed by atoms with Gasteiger partial charge in [0.2, 0.25) is 0 Å². The number of rotatable bonds is 7. The molecule has 1 fully saturated rings. The number of aliphatic hydroxyl groups is 1. The molecule has 4 rings (SSSR count). The Morgan fingerprint density at radius 2 is 2.00 bits per heavy atom. The summed E-state index contributed by atoms with van der Waals surface area (Å²) in [6.07, 6.45) is 5.47. The Hall–Kier alpha value is -4.34. The molecular formula is C24H21FN4O5. The molecule has 0 saturated carbocycles. The van der Waals surface area contributed by atoms with Crippen LogP contribution in [0, 0.1) is 22.9 Å². The van der Waals surface area contributed by atoms with Gasteiger partial charge in [0.15, 0.2) is 0 Å². The molecule has 10 heteroatoms. The van der Waals surface area contributed by atoms with Gasteiger partial charge < -0.3 is 14.6 Å². The van der Waals surface area contributed by atoms with Crippen LogP contribution in [0.3, 0.4) is 0 Å². The molecule has 0 bridgehead atoms. The fraction of sp³-hybridized carbons (Fsp3) is 0.208. The lowest BCUT2D eigenvalue weighted by Crippen LogP contribution is -2.31. The van der Waals surface area contributed by atoms with E-state index in [-0.39, 0.29) is 23.4 Å². The van der Waals surface area contributed by atoms with E-state index in [4.69, 9.17) is 0 Å².